The summed E-state index contributed by atoms with van der Waals surface area (Å²) in [4.78, 5) is 23.5. The summed E-state index contributed by atoms with van der Waals surface area (Å²) < 4.78 is 97.4. The van der Waals surface area contributed by atoms with Crippen LogP contribution >= 0.6 is 11.3 Å². The Kier molecular flexibility index (Phi) is 8.91. The third-order valence-electron chi connectivity index (χ3n) is 6.23. The highest BCUT2D eigenvalue weighted by molar-refractivity contribution is 7.26. The molecule has 0 aliphatic rings. The number of carbonyl (C=O) groups excluding carboxylic acids is 2. The number of esters is 2. The van der Waals surface area contributed by atoms with Gasteiger partial charge in [0, 0.05) is 27.5 Å². The van der Waals surface area contributed by atoms with Crippen LogP contribution in [0.25, 0.3) is 31.3 Å². The van der Waals surface area contributed by atoms with Crippen LogP contribution in [0.2, 0.25) is 0 Å². The van der Waals surface area contributed by atoms with Crippen molar-refractivity contribution in [1.29, 1.82) is 0 Å². The number of alkyl halides is 6. The molecule has 43 heavy (non-hydrogen) atoms. The normalized spacial score (nSPS) is 11.9. The molecule has 0 unspecified atom stereocenters. The maximum absolute atomic E-state index is 14.3. The summed E-state index contributed by atoms with van der Waals surface area (Å²) in [5.74, 6) is -3.02. The zero-order valence-corrected chi connectivity index (χ0v) is 23.7. The lowest BCUT2D eigenvalue weighted by Gasteiger charge is -2.15. The Morgan fingerprint density at radius 1 is 0.814 bits per heavy atom. The number of hydrogen-bond donors (Lipinski definition) is 0. The largest absolute Gasteiger partial charge is 0.573 e. The molecule has 0 radical (unpaired) electrons. The summed E-state index contributed by atoms with van der Waals surface area (Å²) in [7, 11) is 0. The molecule has 1 aromatic heterocycles. The maximum atomic E-state index is 14.3. The Balaban J connectivity index is 1.78. The number of aryl methyl sites for hydroxylation is 1. The Hall–Kier alpha value is -4.32. The van der Waals surface area contributed by atoms with E-state index in [9.17, 15) is 35.9 Å². The van der Waals surface area contributed by atoms with E-state index in [2.05, 4.69) is 17.9 Å². The second-order valence-corrected chi connectivity index (χ2v) is 10.7. The summed E-state index contributed by atoms with van der Waals surface area (Å²) in [5, 5.41) is 0.121. The fourth-order valence-electron chi connectivity index (χ4n) is 4.26. The third kappa shape index (κ3) is 7.19. The summed E-state index contributed by atoms with van der Waals surface area (Å²) in [6, 6.07) is 11.5. The van der Waals surface area contributed by atoms with E-state index in [4.69, 9.17) is 9.47 Å². The minimum atomic E-state index is -5.14. The van der Waals surface area contributed by atoms with E-state index in [0.29, 0.717) is 29.7 Å². The fraction of sp³-hybridized carbons (Fsp3) is 0.226. The molecule has 0 spiro atoms. The van der Waals surface area contributed by atoms with Crippen LogP contribution in [0.15, 0.2) is 72.8 Å². The van der Waals surface area contributed by atoms with Gasteiger partial charge in [0.15, 0.2) is 5.75 Å². The number of hydrogen-bond acceptors (Lipinski definition) is 6. The van der Waals surface area contributed by atoms with Gasteiger partial charge >= 0.3 is 24.5 Å². The third-order valence-corrected chi connectivity index (χ3v) is 7.47. The predicted molar refractivity (Wildman–Crippen MR) is 151 cm³/mol. The number of ether oxygens (including phenoxy) is 3. The number of rotatable bonds is 9. The van der Waals surface area contributed by atoms with E-state index < -0.39 is 46.2 Å². The molecule has 226 valence electrons. The zero-order valence-electron chi connectivity index (χ0n) is 22.9. The molecule has 0 saturated carbocycles. The van der Waals surface area contributed by atoms with Gasteiger partial charge < -0.3 is 14.2 Å². The van der Waals surface area contributed by atoms with Gasteiger partial charge in [0.05, 0.1) is 16.0 Å². The van der Waals surface area contributed by atoms with Crippen molar-refractivity contribution in [3.8, 4) is 22.6 Å². The molecule has 0 N–H and O–H groups in total. The minimum Gasteiger partial charge on any atom is -0.462 e. The Morgan fingerprint density at radius 3 is 2.00 bits per heavy atom. The van der Waals surface area contributed by atoms with Gasteiger partial charge in [-0.15, -0.1) is 24.5 Å². The first-order valence-corrected chi connectivity index (χ1v) is 13.5. The Labute approximate surface area is 246 Å². The molecule has 4 rings (SSSR count). The molecule has 4 aromatic rings. The summed E-state index contributed by atoms with van der Waals surface area (Å²) in [6.45, 7) is 9.82. The highest BCUT2D eigenvalue weighted by atomic mass is 32.1. The van der Waals surface area contributed by atoms with Crippen LogP contribution in [0, 0.1) is 0 Å². The number of halogens is 6. The SMILES string of the molecule is C=C(C)C(=O)OCCCc1ccc(-c2ccc3c(sc4c(C(F)(F)F)c(OC(=O)C(=C)C)ccc43)c2OC(F)(F)F)cc1. The first-order chi connectivity index (χ1) is 20.1. The quantitative estimate of drug-likeness (QED) is 0.0613. The van der Waals surface area contributed by atoms with Gasteiger partial charge in [0.25, 0.3) is 0 Å². The average molecular weight is 623 g/mol. The van der Waals surface area contributed by atoms with Crippen molar-refractivity contribution in [2.24, 2.45) is 0 Å². The van der Waals surface area contributed by atoms with Gasteiger partial charge in [-0.2, -0.15) is 13.2 Å². The average Bonchev–Trinajstić information content (AvgIpc) is 3.28. The molecule has 0 saturated heterocycles. The van der Waals surface area contributed by atoms with E-state index in [-0.39, 0.29) is 38.8 Å². The van der Waals surface area contributed by atoms with E-state index in [1.54, 1.807) is 24.3 Å². The topological polar surface area (TPSA) is 61.8 Å². The zero-order chi connectivity index (χ0) is 31.7. The number of fused-ring (bicyclic) bond motifs is 3. The lowest BCUT2D eigenvalue weighted by molar-refractivity contribution is -0.273. The standard InChI is InChI=1S/C31H24F6O5S/c1-16(2)28(38)40-15-5-6-18-7-9-19(10-8-18)20-11-12-22-21-13-14-23(41-29(39)17(3)4)24(30(32,33)34)26(21)43-27(22)25(20)42-31(35,36)37/h7-14H,1,3,5-6,15H2,2,4H3. The van der Waals surface area contributed by atoms with Crippen molar-refractivity contribution >= 4 is 43.4 Å². The van der Waals surface area contributed by atoms with Gasteiger partial charge in [-0.05, 0) is 56.0 Å². The van der Waals surface area contributed by atoms with Crippen LogP contribution in [0.1, 0.15) is 31.4 Å². The van der Waals surface area contributed by atoms with Gasteiger partial charge in [-0.3, -0.25) is 0 Å². The molecule has 3 aromatic carbocycles. The molecule has 0 aliphatic carbocycles. The van der Waals surface area contributed by atoms with Gasteiger partial charge in [-0.25, -0.2) is 9.59 Å². The molecule has 0 bridgehead atoms. The van der Waals surface area contributed by atoms with Crippen molar-refractivity contribution in [2.45, 2.75) is 39.2 Å². The van der Waals surface area contributed by atoms with Gasteiger partial charge in [-0.1, -0.05) is 43.5 Å². The van der Waals surface area contributed by atoms with Crippen molar-refractivity contribution < 1.29 is 50.1 Å². The predicted octanol–water partition coefficient (Wildman–Crippen LogP) is 9.17. The van der Waals surface area contributed by atoms with E-state index in [1.165, 1.54) is 32.0 Å². The van der Waals surface area contributed by atoms with Crippen molar-refractivity contribution in [3.63, 3.8) is 0 Å². The van der Waals surface area contributed by atoms with Crippen molar-refractivity contribution in [3.05, 3.63) is 84.0 Å². The van der Waals surface area contributed by atoms with Crippen LogP contribution in [0.5, 0.6) is 11.5 Å². The lowest BCUT2D eigenvalue weighted by atomic mass is 9.99. The Morgan fingerprint density at radius 2 is 1.42 bits per heavy atom. The van der Waals surface area contributed by atoms with E-state index >= 15 is 0 Å². The highest BCUT2D eigenvalue weighted by Gasteiger charge is 2.39. The van der Waals surface area contributed by atoms with Crippen molar-refractivity contribution in [2.75, 3.05) is 6.61 Å². The van der Waals surface area contributed by atoms with E-state index in [0.717, 1.165) is 11.6 Å². The molecule has 0 amide bonds. The fourth-order valence-corrected chi connectivity index (χ4v) is 5.60. The number of thiophene rings is 1. The maximum Gasteiger partial charge on any atom is 0.573 e. The highest BCUT2D eigenvalue weighted by Crippen LogP contribution is 2.51. The molecular formula is C31H24F6O5S. The smallest absolute Gasteiger partial charge is 0.462 e. The molecule has 12 heteroatoms. The summed E-state index contributed by atoms with van der Waals surface area (Å²) >= 11 is 0.456. The number of carbonyl (C=O) groups is 2. The molecule has 0 fully saturated rings. The molecule has 0 aliphatic heterocycles. The van der Waals surface area contributed by atoms with Crippen LogP contribution in [0.3, 0.4) is 0 Å². The van der Waals surface area contributed by atoms with Crippen LogP contribution in [-0.2, 0) is 26.9 Å². The summed E-state index contributed by atoms with van der Waals surface area (Å²) in [5.41, 5.74) is 0.0241. The minimum absolute atomic E-state index is 0.0146. The molecule has 0 atom stereocenters. The molecule has 1 heterocycles. The van der Waals surface area contributed by atoms with Gasteiger partial charge in [0.1, 0.15) is 11.3 Å². The van der Waals surface area contributed by atoms with Gasteiger partial charge in [0.2, 0.25) is 0 Å². The monoisotopic (exact) mass is 622 g/mol. The second kappa shape index (κ2) is 12.1. The van der Waals surface area contributed by atoms with E-state index in [1.807, 2.05) is 0 Å². The molecular weight excluding hydrogens is 598 g/mol. The van der Waals surface area contributed by atoms with Crippen molar-refractivity contribution in [1.82, 2.24) is 0 Å². The van der Waals surface area contributed by atoms with Crippen LogP contribution < -0.4 is 9.47 Å². The first kappa shape index (κ1) is 31.6. The number of benzene rings is 3. The Bertz CT molecular complexity index is 1730. The summed E-state index contributed by atoms with van der Waals surface area (Å²) in [6.07, 6.45) is -9.13. The van der Waals surface area contributed by atoms with Crippen LogP contribution in [-0.4, -0.2) is 24.9 Å². The second-order valence-electron chi connectivity index (χ2n) is 9.67. The molecule has 5 nitrogen and oxygen atoms in total. The first-order valence-electron chi connectivity index (χ1n) is 12.7. The lowest BCUT2D eigenvalue weighted by Crippen LogP contribution is -2.17. The van der Waals surface area contributed by atoms with Crippen LogP contribution in [0.4, 0.5) is 26.3 Å².